The summed E-state index contributed by atoms with van der Waals surface area (Å²) in [6.45, 7) is 9.31. The van der Waals surface area contributed by atoms with E-state index >= 15 is 0 Å². The molecule has 0 aromatic heterocycles. The van der Waals surface area contributed by atoms with Gasteiger partial charge in [0, 0.05) is 11.6 Å². The van der Waals surface area contributed by atoms with Crippen LogP contribution in [0.2, 0.25) is 0 Å². The van der Waals surface area contributed by atoms with Crippen LogP contribution in [0.4, 0.5) is 0 Å². The third-order valence-electron chi connectivity index (χ3n) is 3.47. The third-order valence-corrected chi connectivity index (χ3v) is 3.47. The molecule has 84 valence electrons. The Kier molecular flexibility index (Phi) is 4.90. The molecule has 0 bridgehead atoms. The standard InChI is InChI=1S/C12H26N2/c1-4-8-12(3,5-2)14-11-6-9-13-10-7-11/h11,13-14H,4-10H2,1-3H3. The Morgan fingerprint density at radius 3 is 2.43 bits per heavy atom. The van der Waals surface area contributed by atoms with Gasteiger partial charge in [0.15, 0.2) is 0 Å². The van der Waals surface area contributed by atoms with Gasteiger partial charge in [0.1, 0.15) is 0 Å². The maximum atomic E-state index is 3.84. The first-order chi connectivity index (χ1) is 6.70. The summed E-state index contributed by atoms with van der Waals surface area (Å²) in [6.07, 6.45) is 6.40. The Hall–Kier alpha value is -0.0800. The fourth-order valence-corrected chi connectivity index (χ4v) is 2.36. The molecule has 1 unspecified atom stereocenters. The highest BCUT2D eigenvalue weighted by molar-refractivity contribution is 4.87. The fraction of sp³-hybridized carbons (Fsp3) is 1.00. The van der Waals surface area contributed by atoms with Crippen LogP contribution in [-0.2, 0) is 0 Å². The molecule has 1 rings (SSSR count). The summed E-state index contributed by atoms with van der Waals surface area (Å²) in [6, 6.07) is 0.743. The Morgan fingerprint density at radius 1 is 1.29 bits per heavy atom. The average molecular weight is 198 g/mol. The lowest BCUT2D eigenvalue weighted by Crippen LogP contribution is -2.51. The Labute approximate surface area is 88.8 Å². The van der Waals surface area contributed by atoms with Gasteiger partial charge in [-0.05, 0) is 45.7 Å². The second-order valence-corrected chi connectivity index (χ2v) is 4.83. The van der Waals surface area contributed by atoms with Crippen LogP contribution >= 0.6 is 0 Å². The highest BCUT2D eigenvalue weighted by Gasteiger charge is 2.25. The van der Waals surface area contributed by atoms with Crippen molar-refractivity contribution < 1.29 is 0 Å². The van der Waals surface area contributed by atoms with Gasteiger partial charge in [-0.3, -0.25) is 0 Å². The largest absolute Gasteiger partial charge is 0.317 e. The van der Waals surface area contributed by atoms with Crippen LogP contribution in [0.5, 0.6) is 0 Å². The van der Waals surface area contributed by atoms with Gasteiger partial charge in [0.2, 0.25) is 0 Å². The van der Waals surface area contributed by atoms with E-state index in [1.54, 1.807) is 0 Å². The maximum absolute atomic E-state index is 3.84. The molecule has 1 fully saturated rings. The second-order valence-electron chi connectivity index (χ2n) is 4.83. The molecule has 1 saturated heterocycles. The lowest BCUT2D eigenvalue weighted by Gasteiger charge is -2.36. The van der Waals surface area contributed by atoms with Gasteiger partial charge in [0.25, 0.3) is 0 Å². The molecule has 0 radical (unpaired) electrons. The zero-order chi connectivity index (χ0) is 10.4. The Balaban J connectivity index is 2.37. The lowest BCUT2D eigenvalue weighted by atomic mass is 9.90. The minimum Gasteiger partial charge on any atom is -0.317 e. The maximum Gasteiger partial charge on any atom is 0.0153 e. The SMILES string of the molecule is CCCC(C)(CC)NC1CCNCC1. The van der Waals surface area contributed by atoms with E-state index < -0.39 is 0 Å². The summed E-state index contributed by atoms with van der Waals surface area (Å²) >= 11 is 0. The van der Waals surface area contributed by atoms with Crippen molar-refractivity contribution in [1.82, 2.24) is 10.6 Å². The molecule has 2 N–H and O–H groups in total. The molecule has 0 saturated carbocycles. The molecule has 1 atom stereocenters. The first-order valence-corrected chi connectivity index (χ1v) is 6.18. The first kappa shape index (κ1) is 12.0. The first-order valence-electron chi connectivity index (χ1n) is 6.18. The van der Waals surface area contributed by atoms with Gasteiger partial charge in [-0.25, -0.2) is 0 Å². The summed E-state index contributed by atoms with van der Waals surface area (Å²) in [5.74, 6) is 0. The van der Waals surface area contributed by atoms with Crippen LogP contribution in [0.15, 0.2) is 0 Å². The quantitative estimate of drug-likeness (QED) is 0.708. The van der Waals surface area contributed by atoms with E-state index in [0.29, 0.717) is 5.54 Å². The zero-order valence-electron chi connectivity index (χ0n) is 10.0. The van der Waals surface area contributed by atoms with Crippen molar-refractivity contribution >= 4 is 0 Å². The van der Waals surface area contributed by atoms with Crippen molar-refractivity contribution in [1.29, 1.82) is 0 Å². The van der Waals surface area contributed by atoms with Crippen LogP contribution in [0.25, 0.3) is 0 Å². The molecule has 14 heavy (non-hydrogen) atoms. The molecule has 0 spiro atoms. The normalized spacial score (nSPS) is 23.4. The topological polar surface area (TPSA) is 24.1 Å². The molecule has 2 nitrogen and oxygen atoms in total. The number of hydrogen-bond acceptors (Lipinski definition) is 2. The molecule has 0 amide bonds. The number of rotatable bonds is 5. The van der Waals surface area contributed by atoms with Crippen LogP contribution in [0.1, 0.15) is 52.9 Å². The molecule has 0 aromatic rings. The van der Waals surface area contributed by atoms with Crippen molar-refractivity contribution in [3.8, 4) is 0 Å². The summed E-state index contributed by atoms with van der Waals surface area (Å²) in [5.41, 5.74) is 0.372. The lowest BCUT2D eigenvalue weighted by molar-refractivity contribution is 0.247. The summed E-state index contributed by atoms with van der Waals surface area (Å²) in [4.78, 5) is 0. The molecule has 1 heterocycles. The highest BCUT2D eigenvalue weighted by atomic mass is 15.0. The van der Waals surface area contributed by atoms with Gasteiger partial charge in [0.05, 0.1) is 0 Å². The van der Waals surface area contributed by atoms with E-state index in [1.165, 1.54) is 45.2 Å². The Bertz CT molecular complexity index is 152. The Morgan fingerprint density at radius 2 is 1.93 bits per heavy atom. The van der Waals surface area contributed by atoms with Gasteiger partial charge in [-0.2, -0.15) is 0 Å². The fourth-order valence-electron chi connectivity index (χ4n) is 2.36. The van der Waals surface area contributed by atoms with E-state index in [1.807, 2.05) is 0 Å². The second kappa shape index (κ2) is 5.72. The van der Waals surface area contributed by atoms with E-state index in [4.69, 9.17) is 0 Å². The van der Waals surface area contributed by atoms with Gasteiger partial charge in [-0.15, -0.1) is 0 Å². The minimum absolute atomic E-state index is 0.372. The van der Waals surface area contributed by atoms with E-state index in [9.17, 15) is 0 Å². The predicted octanol–water partition coefficient (Wildman–Crippen LogP) is 2.30. The minimum atomic E-state index is 0.372. The molecular weight excluding hydrogens is 172 g/mol. The van der Waals surface area contributed by atoms with Crippen molar-refractivity contribution in [2.45, 2.75) is 64.5 Å². The predicted molar refractivity (Wildman–Crippen MR) is 62.6 cm³/mol. The van der Waals surface area contributed by atoms with Crippen molar-refractivity contribution in [3.63, 3.8) is 0 Å². The van der Waals surface area contributed by atoms with Gasteiger partial charge in [-0.1, -0.05) is 20.3 Å². The summed E-state index contributed by atoms with van der Waals surface area (Å²) in [5, 5.41) is 7.25. The van der Waals surface area contributed by atoms with Crippen LogP contribution in [0, 0.1) is 0 Å². The van der Waals surface area contributed by atoms with E-state index in [-0.39, 0.29) is 0 Å². The number of nitrogens with one attached hydrogen (secondary N) is 2. The van der Waals surface area contributed by atoms with Crippen molar-refractivity contribution in [2.75, 3.05) is 13.1 Å². The average Bonchev–Trinajstić information content (AvgIpc) is 2.20. The summed E-state index contributed by atoms with van der Waals surface area (Å²) in [7, 11) is 0. The summed E-state index contributed by atoms with van der Waals surface area (Å²) < 4.78 is 0. The number of piperidine rings is 1. The number of hydrogen-bond donors (Lipinski definition) is 2. The highest BCUT2D eigenvalue weighted by Crippen LogP contribution is 2.19. The molecule has 0 aliphatic carbocycles. The van der Waals surface area contributed by atoms with Crippen LogP contribution in [-0.4, -0.2) is 24.7 Å². The van der Waals surface area contributed by atoms with E-state index in [2.05, 4.69) is 31.4 Å². The zero-order valence-corrected chi connectivity index (χ0v) is 10.0. The van der Waals surface area contributed by atoms with Crippen molar-refractivity contribution in [2.24, 2.45) is 0 Å². The monoisotopic (exact) mass is 198 g/mol. The van der Waals surface area contributed by atoms with E-state index in [0.717, 1.165) is 6.04 Å². The molecule has 1 aliphatic rings. The van der Waals surface area contributed by atoms with Gasteiger partial charge >= 0.3 is 0 Å². The molecule has 2 heteroatoms. The smallest absolute Gasteiger partial charge is 0.0153 e. The van der Waals surface area contributed by atoms with Crippen molar-refractivity contribution in [3.05, 3.63) is 0 Å². The van der Waals surface area contributed by atoms with Gasteiger partial charge < -0.3 is 10.6 Å². The molecule has 1 aliphatic heterocycles. The molecule has 0 aromatic carbocycles. The van der Waals surface area contributed by atoms with Crippen LogP contribution < -0.4 is 10.6 Å². The molecular formula is C12H26N2. The third kappa shape index (κ3) is 3.58. The van der Waals surface area contributed by atoms with Crippen LogP contribution in [0.3, 0.4) is 0 Å².